The molecule has 1 amide bonds. The van der Waals surface area contributed by atoms with Crippen molar-refractivity contribution in [2.24, 2.45) is 5.73 Å². The number of aromatic amines is 2. The van der Waals surface area contributed by atoms with Gasteiger partial charge in [0.15, 0.2) is 11.5 Å². The van der Waals surface area contributed by atoms with E-state index in [-0.39, 0.29) is 5.78 Å². The van der Waals surface area contributed by atoms with Crippen molar-refractivity contribution in [2.75, 3.05) is 0 Å². The molecule has 5 rings (SSSR count). The molecular weight excluding hydrogens is 406 g/mol. The molecule has 0 atom stereocenters. The minimum Gasteiger partial charge on any atom is -0.366 e. The van der Waals surface area contributed by atoms with Gasteiger partial charge in [-0.25, -0.2) is 9.97 Å². The highest BCUT2D eigenvalue weighted by Gasteiger charge is 2.17. The highest BCUT2D eigenvalue weighted by Crippen LogP contribution is 2.29. The third-order valence-electron chi connectivity index (χ3n) is 5.36. The number of pyridine rings is 2. The van der Waals surface area contributed by atoms with Crippen LogP contribution in [0.1, 0.15) is 29.4 Å². The van der Waals surface area contributed by atoms with Gasteiger partial charge < -0.3 is 10.7 Å². The zero-order valence-corrected chi connectivity index (χ0v) is 17.2. The van der Waals surface area contributed by atoms with Crippen molar-refractivity contribution < 1.29 is 9.59 Å². The van der Waals surface area contributed by atoms with Crippen LogP contribution in [-0.4, -0.2) is 41.8 Å². The Morgan fingerprint density at radius 3 is 2.66 bits per heavy atom. The molecular formula is C23H19N7O2. The number of nitrogens with zero attached hydrogens (tertiary/aromatic N) is 4. The molecule has 0 unspecified atom stereocenters. The van der Waals surface area contributed by atoms with Gasteiger partial charge in [-0.05, 0) is 24.3 Å². The number of imidazole rings is 1. The van der Waals surface area contributed by atoms with Crippen molar-refractivity contribution in [1.82, 2.24) is 30.1 Å². The van der Waals surface area contributed by atoms with Crippen LogP contribution in [0, 0.1) is 0 Å². The number of amides is 1. The fourth-order valence-electron chi connectivity index (χ4n) is 3.61. The molecule has 0 aliphatic rings. The summed E-state index contributed by atoms with van der Waals surface area (Å²) in [5.74, 6) is 0.145. The lowest BCUT2D eigenvalue weighted by atomic mass is 10.1. The van der Waals surface area contributed by atoms with Crippen molar-refractivity contribution in [3.8, 4) is 22.6 Å². The molecule has 0 radical (unpaired) electrons. The predicted octanol–water partition coefficient (Wildman–Crippen LogP) is 3.18. The van der Waals surface area contributed by atoms with Gasteiger partial charge in [-0.1, -0.05) is 19.1 Å². The molecule has 0 aliphatic heterocycles. The largest absolute Gasteiger partial charge is 0.366 e. The molecule has 5 aromatic rings. The first-order chi connectivity index (χ1) is 15.5. The van der Waals surface area contributed by atoms with Crippen molar-refractivity contribution >= 4 is 33.8 Å². The van der Waals surface area contributed by atoms with Crippen LogP contribution in [0.5, 0.6) is 0 Å². The number of H-pyrrole nitrogens is 2. The summed E-state index contributed by atoms with van der Waals surface area (Å²) >= 11 is 0. The van der Waals surface area contributed by atoms with E-state index in [0.29, 0.717) is 46.6 Å². The van der Waals surface area contributed by atoms with Crippen LogP contribution in [0.3, 0.4) is 0 Å². The number of aromatic nitrogens is 6. The summed E-state index contributed by atoms with van der Waals surface area (Å²) < 4.78 is 0. The molecule has 4 heterocycles. The molecule has 9 heteroatoms. The minimum absolute atomic E-state index is 0.154. The first kappa shape index (κ1) is 19.6. The second kappa shape index (κ2) is 7.69. The van der Waals surface area contributed by atoms with E-state index in [0.717, 1.165) is 22.2 Å². The molecule has 4 N–H and O–H groups in total. The quantitative estimate of drug-likeness (QED) is 0.381. The van der Waals surface area contributed by atoms with Crippen LogP contribution in [0.25, 0.3) is 44.7 Å². The molecule has 0 spiro atoms. The summed E-state index contributed by atoms with van der Waals surface area (Å²) in [6.45, 7) is 1.84. The maximum Gasteiger partial charge on any atom is 0.250 e. The highest BCUT2D eigenvalue weighted by molar-refractivity contribution is 6.05. The van der Waals surface area contributed by atoms with Gasteiger partial charge in [0.1, 0.15) is 17.0 Å². The first-order valence-electron chi connectivity index (χ1n) is 10.1. The van der Waals surface area contributed by atoms with Crippen molar-refractivity contribution in [1.29, 1.82) is 0 Å². The molecule has 0 saturated carbocycles. The van der Waals surface area contributed by atoms with Gasteiger partial charge in [-0.15, -0.1) is 0 Å². The zero-order valence-electron chi connectivity index (χ0n) is 17.2. The first-order valence-corrected chi connectivity index (χ1v) is 10.1. The van der Waals surface area contributed by atoms with Crippen LogP contribution >= 0.6 is 0 Å². The van der Waals surface area contributed by atoms with Crippen LogP contribution in [0.15, 0.2) is 48.8 Å². The highest BCUT2D eigenvalue weighted by atomic mass is 16.1. The Labute approximate surface area is 182 Å². The van der Waals surface area contributed by atoms with Gasteiger partial charge in [0.2, 0.25) is 0 Å². The molecule has 0 bridgehead atoms. The second-order valence-corrected chi connectivity index (χ2v) is 7.45. The number of nitrogens with two attached hydrogens (primary N) is 1. The number of ketones is 1. The van der Waals surface area contributed by atoms with Gasteiger partial charge >= 0.3 is 0 Å². The Morgan fingerprint density at radius 2 is 1.91 bits per heavy atom. The monoisotopic (exact) mass is 425 g/mol. The SMILES string of the molecule is CCC(=O)Cc1ccc(-c2cnc3n[nH]c(-c4nc5c(C(N)=O)cccc5[nH]4)c3c2)cn1. The standard InChI is InChI=1S/C23H19N7O2/c1-2-15(31)9-14-7-6-12(10-25-14)13-8-17-20(29-30-22(17)26-11-13)23-27-18-5-3-4-16(21(24)32)19(18)28-23/h3-8,10-11H,2,9H2,1H3,(H2,24,32)(H,27,28)(H,26,29,30). The lowest BCUT2D eigenvalue weighted by Crippen LogP contribution is -2.11. The Morgan fingerprint density at radius 1 is 1.06 bits per heavy atom. The molecule has 32 heavy (non-hydrogen) atoms. The van der Waals surface area contributed by atoms with Crippen LogP contribution in [-0.2, 0) is 11.2 Å². The number of rotatable bonds is 6. The number of hydrogen-bond acceptors (Lipinski definition) is 6. The van der Waals surface area contributed by atoms with E-state index in [1.54, 1.807) is 24.5 Å². The Balaban J connectivity index is 1.55. The number of nitrogens with one attached hydrogen (secondary N) is 2. The lowest BCUT2D eigenvalue weighted by Gasteiger charge is -2.03. The maximum absolute atomic E-state index is 11.7. The average molecular weight is 425 g/mol. The van der Waals surface area contributed by atoms with Crippen molar-refractivity contribution in [3.05, 3.63) is 60.0 Å². The van der Waals surface area contributed by atoms with Gasteiger partial charge in [-0.2, -0.15) is 5.10 Å². The molecule has 158 valence electrons. The smallest absolute Gasteiger partial charge is 0.250 e. The fourth-order valence-corrected chi connectivity index (χ4v) is 3.61. The average Bonchev–Trinajstić information content (AvgIpc) is 3.42. The third-order valence-corrected chi connectivity index (χ3v) is 5.36. The van der Waals surface area contributed by atoms with Crippen LogP contribution < -0.4 is 5.73 Å². The Kier molecular flexibility index (Phi) is 4.70. The predicted molar refractivity (Wildman–Crippen MR) is 120 cm³/mol. The zero-order chi connectivity index (χ0) is 22.2. The summed E-state index contributed by atoms with van der Waals surface area (Å²) in [7, 11) is 0. The summed E-state index contributed by atoms with van der Waals surface area (Å²) in [5, 5.41) is 8.02. The van der Waals surface area contributed by atoms with E-state index in [4.69, 9.17) is 5.73 Å². The third kappa shape index (κ3) is 3.39. The van der Waals surface area contributed by atoms with E-state index < -0.39 is 5.91 Å². The molecule has 0 aliphatic carbocycles. The van der Waals surface area contributed by atoms with Gasteiger partial charge in [0, 0.05) is 42.1 Å². The van der Waals surface area contributed by atoms with Crippen LogP contribution in [0.2, 0.25) is 0 Å². The molecule has 0 fully saturated rings. The number of primary amides is 1. The lowest BCUT2D eigenvalue weighted by molar-refractivity contribution is -0.118. The van der Waals surface area contributed by atoms with E-state index in [2.05, 4.69) is 30.1 Å². The number of Topliss-reactive ketones (excluding diaryl/α,β-unsaturated/α-hetero) is 1. The summed E-state index contributed by atoms with van der Waals surface area (Å²) in [6.07, 6.45) is 4.29. The number of carbonyl (C=O) groups excluding carboxylic acids is 2. The van der Waals surface area contributed by atoms with Crippen LogP contribution in [0.4, 0.5) is 0 Å². The minimum atomic E-state index is -0.538. The van der Waals surface area contributed by atoms with E-state index in [1.807, 2.05) is 31.2 Å². The van der Waals surface area contributed by atoms with E-state index in [1.165, 1.54) is 0 Å². The van der Waals surface area contributed by atoms with Gasteiger partial charge in [-0.3, -0.25) is 19.7 Å². The van der Waals surface area contributed by atoms with E-state index >= 15 is 0 Å². The molecule has 4 aromatic heterocycles. The van der Waals surface area contributed by atoms with Gasteiger partial charge in [0.05, 0.1) is 16.5 Å². The number of carbonyl (C=O) groups is 2. The Bertz CT molecular complexity index is 1480. The number of fused-ring (bicyclic) bond motifs is 2. The van der Waals surface area contributed by atoms with Gasteiger partial charge in [0.25, 0.3) is 5.91 Å². The van der Waals surface area contributed by atoms with E-state index in [9.17, 15) is 9.59 Å². The summed E-state index contributed by atoms with van der Waals surface area (Å²) in [5.41, 5.74) is 10.7. The Hall–Kier alpha value is -4.40. The molecule has 1 aromatic carbocycles. The summed E-state index contributed by atoms with van der Waals surface area (Å²) in [4.78, 5) is 40.0. The van der Waals surface area contributed by atoms with Crippen molar-refractivity contribution in [2.45, 2.75) is 19.8 Å². The fraction of sp³-hybridized carbons (Fsp3) is 0.130. The second-order valence-electron chi connectivity index (χ2n) is 7.45. The molecule has 0 saturated heterocycles. The normalized spacial score (nSPS) is 11.3. The number of para-hydroxylation sites is 1. The topological polar surface area (TPSA) is 143 Å². The number of hydrogen-bond donors (Lipinski definition) is 3. The molecule has 9 nitrogen and oxygen atoms in total. The maximum atomic E-state index is 11.7. The van der Waals surface area contributed by atoms with Crippen molar-refractivity contribution in [3.63, 3.8) is 0 Å². The summed E-state index contributed by atoms with van der Waals surface area (Å²) in [6, 6.07) is 11.0. The number of benzene rings is 1.